The van der Waals surface area contributed by atoms with Crippen molar-refractivity contribution in [3.8, 4) is 11.5 Å². The first kappa shape index (κ1) is 19.2. The summed E-state index contributed by atoms with van der Waals surface area (Å²) >= 11 is 0. The van der Waals surface area contributed by atoms with Crippen LogP contribution in [-0.4, -0.2) is 49.7 Å². The molecule has 25 heavy (non-hydrogen) atoms. The third-order valence-electron chi connectivity index (χ3n) is 4.44. The predicted molar refractivity (Wildman–Crippen MR) is 97.3 cm³/mol. The number of methoxy groups -OCH3 is 2. The van der Waals surface area contributed by atoms with Crippen molar-refractivity contribution in [2.24, 2.45) is 0 Å². The van der Waals surface area contributed by atoms with Gasteiger partial charge in [-0.2, -0.15) is 0 Å². The van der Waals surface area contributed by atoms with Gasteiger partial charge in [0.1, 0.15) is 0 Å². The number of hydrogen-bond acceptors (Lipinski definition) is 6. The zero-order valence-corrected chi connectivity index (χ0v) is 15.2. The van der Waals surface area contributed by atoms with Crippen molar-refractivity contribution in [3.05, 3.63) is 40.0 Å². The van der Waals surface area contributed by atoms with Crippen molar-refractivity contribution in [2.45, 2.75) is 32.4 Å². The van der Waals surface area contributed by atoms with Crippen LogP contribution in [0.5, 0.6) is 11.5 Å². The second-order valence-electron chi connectivity index (χ2n) is 6.48. The predicted octanol–water partition coefficient (Wildman–Crippen LogP) is 2.74. The van der Waals surface area contributed by atoms with Crippen LogP contribution in [0.25, 0.3) is 0 Å². The number of likely N-dealkylation sites (tertiary alicyclic amines) is 1. The molecule has 1 aromatic rings. The molecule has 7 nitrogen and oxygen atoms in total. The number of nitrogens with one attached hydrogen (secondary N) is 1. The summed E-state index contributed by atoms with van der Waals surface area (Å²) < 4.78 is 10.4. The number of nitro groups is 1. The summed E-state index contributed by atoms with van der Waals surface area (Å²) in [7, 11) is 3.00. The third kappa shape index (κ3) is 5.17. The summed E-state index contributed by atoms with van der Waals surface area (Å²) in [5, 5.41) is 14.8. The van der Waals surface area contributed by atoms with E-state index in [2.05, 4.69) is 16.8 Å². The van der Waals surface area contributed by atoms with Crippen molar-refractivity contribution >= 4 is 5.69 Å². The van der Waals surface area contributed by atoms with Crippen LogP contribution in [0.4, 0.5) is 5.69 Å². The van der Waals surface area contributed by atoms with E-state index in [1.165, 1.54) is 25.9 Å². The van der Waals surface area contributed by atoms with E-state index in [4.69, 9.17) is 9.47 Å². The molecule has 0 aliphatic carbocycles. The topological polar surface area (TPSA) is 76.9 Å². The Morgan fingerprint density at radius 3 is 2.44 bits per heavy atom. The Bertz CT molecular complexity index is 625. The lowest BCUT2D eigenvalue weighted by Crippen LogP contribution is -2.42. The number of rotatable bonds is 8. The highest BCUT2D eigenvalue weighted by Crippen LogP contribution is 2.34. The molecule has 0 aromatic heterocycles. The van der Waals surface area contributed by atoms with Gasteiger partial charge in [-0.05, 0) is 38.9 Å². The van der Waals surface area contributed by atoms with Gasteiger partial charge in [-0.25, -0.2) is 0 Å². The van der Waals surface area contributed by atoms with Crippen LogP contribution in [0.3, 0.4) is 0 Å². The Balaban J connectivity index is 2.00. The van der Waals surface area contributed by atoms with Gasteiger partial charge < -0.3 is 14.8 Å². The fourth-order valence-corrected chi connectivity index (χ4v) is 3.15. The van der Waals surface area contributed by atoms with Crippen LogP contribution in [0.15, 0.2) is 24.3 Å². The molecule has 1 fully saturated rings. The molecule has 0 bridgehead atoms. The molecule has 1 aliphatic rings. The Morgan fingerprint density at radius 1 is 1.32 bits per heavy atom. The SMILES string of the molecule is C=C(C)CN1CCC(NCc2cc(OC)c(OC)cc2[N+](=O)[O-])CC1. The van der Waals surface area contributed by atoms with Crippen LogP contribution >= 0.6 is 0 Å². The molecular formula is C18H27N3O4. The number of nitrogens with zero attached hydrogens (tertiary/aromatic N) is 2. The standard InChI is InChI=1S/C18H27N3O4/c1-13(2)12-20-7-5-15(6-8-20)19-11-14-9-17(24-3)18(25-4)10-16(14)21(22)23/h9-10,15,19H,1,5-8,11-12H2,2-4H3. The third-order valence-corrected chi connectivity index (χ3v) is 4.44. The summed E-state index contributed by atoms with van der Waals surface area (Å²) in [5.41, 5.74) is 1.82. The minimum absolute atomic E-state index is 0.0462. The largest absolute Gasteiger partial charge is 0.493 e. The van der Waals surface area contributed by atoms with Crippen molar-refractivity contribution in [3.63, 3.8) is 0 Å². The zero-order chi connectivity index (χ0) is 18.4. The molecule has 0 spiro atoms. The summed E-state index contributed by atoms with van der Waals surface area (Å²) in [4.78, 5) is 13.4. The summed E-state index contributed by atoms with van der Waals surface area (Å²) in [6.07, 6.45) is 2.04. The highest BCUT2D eigenvalue weighted by molar-refractivity contribution is 5.54. The highest BCUT2D eigenvalue weighted by atomic mass is 16.6. The first-order valence-corrected chi connectivity index (χ1v) is 8.44. The molecule has 1 aromatic carbocycles. The van der Waals surface area contributed by atoms with Crippen molar-refractivity contribution in [2.75, 3.05) is 33.9 Å². The van der Waals surface area contributed by atoms with E-state index in [1.807, 2.05) is 6.92 Å². The number of piperidine rings is 1. The lowest BCUT2D eigenvalue weighted by molar-refractivity contribution is -0.385. The molecule has 0 saturated carbocycles. The van der Waals surface area contributed by atoms with Crippen LogP contribution < -0.4 is 14.8 Å². The molecule has 1 aliphatic heterocycles. The van der Waals surface area contributed by atoms with Gasteiger partial charge in [0, 0.05) is 24.7 Å². The van der Waals surface area contributed by atoms with E-state index in [0.717, 1.165) is 32.5 Å². The quantitative estimate of drug-likeness (QED) is 0.442. The van der Waals surface area contributed by atoms with Gasteiger partial charge in [-0.3, -0.25) is 15.0 Å². The molecule has 1 saturated heterocycles. The molecule has 0 amide bonds. The van der Waals surface area contributed by atoms with Gasteiger partial charge in [-0.1, -0.05) is 12.2 Å². The van der Waals surface area contributed by atoms with E-state index in [0.29, 0.717) is 29.6 Å². The summed E-state index contributed by atoms with van der Waals surface area (Å²) in [6.45, 7) is 9.40. The fraction of sp³-hybridized carbons (Fsp3) is 0.556. The van der Waals surface area contributed by atoms with Gasteiger partial charge in [0.25, 0.3) is 5.69 Å². The molecule has 7 heteroatoms. The maximum absolute atomic E-state index is 11.4. The maximum Gasteiger partial charge on any atom is 0.277 e. The molecule has 0 radical (unpaired) electrons. The second kappa shape index (κ2) is 8.82. The van der Waals surface area contributed by atoms with Gasteiger partial charge in [0.05, 0.1) is 25.2 Å². The Kier molecular flexibility index (Phi) is 6.78. The molecule has 138 valence electrons. The van der Waals surface area contributed by atoms with E-state index in [-0.39, 0.29) is 10.6 Å². The van der Waals surface area contributed by atoms with Crippen LogP contribution in [0, 0.1) is 10.1 Å². The average molecular weight is 349 g/mol. The Labute approximate surface area is 148 Å². The van der Waals surface area contributed by atoms with Gasteiger partial charge >= 0.3 is 0 Å². The molecule has 2 rings (SSSR count). The summed E-state index contributed by atoms with van der Waals surface area (Å²) in [6, 6.07) is 3.46. The summed E-state index contributed by atoms with van der Waals surface area (Å²) in [5.74, 6) is 0.868. The molecule has 1 heterocycles. The van der Waals surface area contributed by atoms with Gasteiger partial charge in [0.2, 0.25) is 0 Å². The van der Waals surface area contributed by atoms with Crippen LogP contribution in [0.1, 0.15) is 25.3 Å². The monoisotopic (exact) mass is 349 g/mol. The lowest BCUT2D eigenvalue weighted by Gasteiger charge is -2.32. The average Bonchev–Trinajstić information content (AvgIpc) is 2.59. The number of ether oxygens (including phenoxy) is 2. The molecule has 1 N–H and O–H groups in total. The van der Waals surface area contributed by atoms with E-state index >= 15 is 0 Å². The van der Waals surface area contributed by atoms with Crippen LogP contribution in [-0.2, 0) is 6.54 Å². The first-order chi connectivity index (χ1) is 11.9. The molecule has 0 atom stereocenters. The van der Waals surface area contributed by atoms with E-state index < -0.39 is 0 Å². The number of benzene rings is 1. The number of nitro benzene ring substituents is 1. The van der Waals surface area contributed by atoms with E-state index in [9.17, 15) is 10.1 Å². The normalized spacial score (nSPS) is 15.8. The Hall–Kier alpha value is -2.12. The smallest absolute Gasteiger partial charge is 0.277 e. The van der Waals surface area contributed by atoms with E-state index in [1.54, 1.807) is 6.07 Å². The maximum atomic E-state index is 11.4. The van der Waals surface area contributed by atoms with Crippen molar-refractivity contribution < 1.29 is 14.4 Å². The Morgan fingerprint density at radius 2 is 1.92 bits per heavy atom. The zero-order valence-electron chi connectivity index (χ0n) is 15.2. The van der Waals surface area contributed by atoms with Gasteiger partial charge in [-0.15, -0.1) is 0 Å². The van der Waals surface area contributed by atoms with Crippen LogP contribution in [0.2, 0.25) is 0 Å². The van der Waals surface area contributed by atoms with Crippen molar-refractivity contribution in [1.82, 2.24) is 10.2 Å². The second-order valence-corrected chi connectivity index (χ2v) is 6.48. The molecule has 0 unspecified atom stereocenters. The minimum atomic E-state index is -0.381. The lowest BCUT2D eigenvalue weighted by atomic mass is 10.0. The first-order valence-electron chi connectivity index (χ1n) is 8.44. The highest BCUT2D eigenvalue weighted by Gasteiger charge is 2.22. The minimum Gasteiger partial charge on any atom is -0.493 e. The fourth-order valence-electron chi connectivity index (χ4n) is 3.15. The number of hydrogen-bond donors (Lipinski definition) is 1. The molecular weight excluding hydrogens is 322 g/mol. The van der Waals surface area contributed by atoms with Gasteiger partial charge in [0.15, 0.2) is 11.5 Å². The van der Waals surface area contributed by atoms with Crippen molar-refractivity contribution in [1.29, 1.82) is 0 Å².